The van der Waals surface area contributed by atoms with E-state index in [-0.39, 0.29) is 6.42 Å². The van der Waals surface area contributed by atoms with E-state index in [9.17, 15) is 18.0 Å². The molecule has 2 rings (SSSR count). The van der Waals surface area contributed by atoms with Crippen LogP contribution < -0.4 is 10.6 Å². The van der Waals surface area contributed by atoms with Crippen molar-refractivity contribution in [1.29, 1.82) is 0 Å². The van der Waals surface area contributed by atoms with Gasteiger partial charge in [0.15, 0.2) is 0 Å². The van der Waals surface area contributed by atoms with Crippen molar-refractivity contribution >= 4 is 21.8 Å². The van der Waals surface area contributed by atoms with Gasteiger partial charge in [-0.15, -0.1) is 0 Å². The number of hydrogen-bond donors (Lipinski definition) is 2. The summed E-state index contributed by atoms with van der Waals surface area (Å²) < 4.78 is 40.4. The number of rotatable bonds is 5. The summed E-state index contributed by atoms with van der Waals surface area (Å²) >= 11 is 3.32. The Bertz CT molecular complexity index is 533. The van der Waals surface area contributed by atoms with E-state index in [4.69, 9.17) is 0 Å². The van der Waals surface area contributed by atoms with Crippen molar-refractivity contribution in [2.45, 2.75) is 18.6 Å². The third-order valence-corrected chi connectivity index (χ3v) is 4.55. The number of benzene rings is 1. The van der Waals surface area contributed by atoms with E-state index >= 15 is 0 Å². The summed E-state index contributed by atoms with van der Waals surface area (Å²) in [5.74, 6) is -0.415. The zero-order valence-corrected chi connectivity index (χ0v) is 14.1. The second-order valence-corrected chi connectivity index (χ2v) is 6.27. The van der Waals surface area contributed by atoms with Crippen LogP contribution in [0, 0.1) is 0 Å². The van der Waals surface area contributed by atoms with Gasteiger partial charge in [-0.2, -0.15) is 13.2 Å². The molecular weight excluding hydrogens is 375 g/mol. The molecule has 23 heavy (non-hydrogen) atoms. The number of hydrogen-bond acceptors (Lipinski definition) is 3. The Hall–Kier alpha value is -1.12. The molecule has 1 aliphatic rings. The summed E-state index contributed by atoms with van der Waals surface area (Å²) in [6, 6.07) is 5.51. The molecule has 1 heterocycles. The predicted molar refractivity (Wildman–Crippen MR) is 85.1 cm³/mol. The summed E-state index contributed by atoms with van der Waals surface area (Å²) in [6.07, 6.45) is -4.31. The zero-order valence-electron chi connectivity index (χ0n) is 12.5. The van der Waals surface area contributed by atoms with Crippen molar-refractivity contribution in [2.75, 3.05) is 32.7 Å². The van der Waals surface area contributed by atoms with E-state index in [1.807, 2.05) is 6.07 Å². The summed E-state index contributed by atoms with van der Waals surface area (Å²) in [7, 11) is 0. The molecule has 1 fully saturated rings. The first-order chi connectivity index (χ1) is 10.9. The summed E-state index contributed by atoms with van der Waals surface area (Å²) in [6.45, 7) is 1.27. The fourth-order valence-electron chi connectivity index (χ4n) is 2.53. The Morgan fingerprint density at radius 1 is 1.30 bits per heavy atom. The molecule has 4 nitrogen and oxygen atoms in total. The normalized spacial score (nSPS) is 17.7. The van der Waals surface area contributed by atoms with Crippen molar-refractivity contribution in [3.8, 4) is 0 Å². The lowest BCUT2D eigenvalue weighted by Gasteiger charge is -2.35. The van der Waals surface area contributed by atoms with Crippen LogP contribution in [-0.2, 0) is 11.2 Å². The fraction of sp³-hybridized carbons (Fsp3) is 0.533. The van der Waals surface area contributed by atoms with Crippen molar-refractivity contribution in [3.63, 3.8) is 0 Å². The number of piperazine rings is 1. The minimum absolute atomic E-state index is 0.0492. The number of amides is 1. The van der Waals surface area contributed by atoms with Gasteiger partial charge >= 0.3 is 6.18 Å². The van der Waals surface area contributed by atoms with Crippen LogP contribution in [0.4, 0.5) is 13.2 Å². The standard InChI is InChI=1S/C15H19BrF3N3O/c16-12-4-2-1-3-11(12)9-14(23)21-10-13(15(17,18)19)22-7-5-20-6-8-22/h1-4,13,20H,5-10H2,(H,21,23). The Morgan fingerprint density at radius 2 is 1.96 bits per heavy atom. The average Bonchev–Trinajstić information content (AvgIpc) is 2.49. The number of carbonyl (C=O) groups is 1. The number of nitrogens with zero attached hydrogens (tertiary/aromatic N) is 1. The topological polar surface area (TPSA) is 44.4 Å². The third-order valence-electron chi connectivity index (χ3n) is 3.77. The SMILES string of the molecule is O=C(Cc1ccccc1Br)NCC(N1CCNCC1)C(F)(F)F. The van der Waals surface area contributed by atoms with Gasteiger partial charge in [-0.1, -0.05) is 34.1 Å². The molecule has 2 N–H and O–H groups in total. The fourth-order valence-corrected chi connectivity index (χ4v) is 2.96. The molecular formula is C15H19BrF3N3O. The first-order valence-electron chi connectivity index (χ1n) is 7.39. The molecule has 0 aromatic heterocycles. The average molecular weight is 394 g/mol. The quantitative estimate of drug-likeness (QED) is 0.803. The second-order valence-electron chi connectivity index (χ2n) is 5.42. The smallest absolute Gasteiger partial charge is 0.354 e. The van der Waals surface area contributed by atoms with Gasteiger partial charge in [0, 0.05) is 37.2 Å². The lowest BCUT2D eigenvalue weighted by Crippen LogP contribution is -2.57. The first-order valence-corrected chi connectivity index (χ1v) is 8.19. The highest BCUT2D eigenvalue weighted by molar-refractivity contribution is 9.10. The summed E-state index contributed by atoms with van der Waals surface area (Å²) in [5, 5.41) is 5.44. The maximum atomic E-state index is 13.2. The Labute approximate surface area is 141 Å². The van der Waals surface area contributed by atoms with E-state index in [0.717, 1.165) is 10.0 Å². The second kappa shape index (κ2) is 8.12. The Morgan fingerprint density at radius 3 is 2.57 bits per heavy atom. The van der Waals surface area contributed by atoms with E-state index in [1.165, 1.54) is 4.90 Å². The minimum Gasteiger partial charge on any atom is -0.354 e. The molecule has 128 valence electrons. The molecule has 0 saturated carbocycles. The molecule has 1 unspecified atom stereocenters. The van der Waals surface area contributed by atoms with Crippen LogP contribution in [0.25, 0.3) is 0 Å². The van der Waals surface area contributed by atoms with E-state index in [1.54, 1.807) is 18.2 Å². The van der Waals surface area contributed by atoms with Gasteiger partial charge in [-0.3, -0.25) is 9.69 Å². The molecule has 0 aliphatic carbocycles. The van der Waals surface area contributed by atoms with E-state index < -0.39 is 24.7 Å². The summed E-state index contributed by atoms with van der Waals surface area (Å²) in [5.41, 5.74) is 0.746. The highest BCUT2D eigenvalue weighted by atomic mass is 79.9. The van der Waals surface area contributed by atoms with Crippen LogP contribution in [0.5, 0.6) is 0 Å². The van der Waals surface area contributed by atoms with Gasteiger partial charge in [0.05, 0.1) is 6.42 Å². The van der Waals surface area contributed by atoms with E-state index in [0.29, 0.717) is 26.2 Å². The van der Waals surface area contributed by atoms with Gasteiger partial charge in [-0.05, 0) is 11.6 Å². The van der Waals surface area contributed by atoms with Crippen molar-refractivity contribution < 1.29 is 18.0 Å². The predicted octanol–water partition coefficient (Wildman–Crippen LogP) is 1.94. The monoisotopic (exact) mass is 393 g/mol. The Balaban J connectivity index is 1.92. The van der Waals surface area contributed by atoms with Crippen LogP contribution in [0.2, 0.25) is 0 Å². The van der Waals surface area contributed by atoms with Crippen molar-refractivity contribution in [3.05, 3.63) is 34.3 Å². The molecule has 0 radical (unpaired) electrons. The molecule has 8 heteroatoms. The van der Waals surface area contributed by atoms with Crippen LogP contribution in [-0.4, -0.2) is 55.7 Å². The first kappa shape index (κ1) is 18.2. The minimum atomic E-state index is -4.36. The maximum Gasteiger partial charge on any atom is 0.405 e. The van der Waals surface area contributed by atoms with Crippen LogP contribution in [0.3, 0.4) is 0 Å². The highest BCUT2D eigenvalue weighted by Crippen LogP contribution is 2.25. The molecule has 0 spiro atoms. The molecule has 1 atom stereocenters. The van der Waals surface area contributed by atoms with Gasteiger partial charge in [0.1, 0.15) is 6.04 Å². The van der Waals surface area contributed by atoms with Crippen LogP contribution in [0.1, 0.15) is 5.56 Å². The molecule has 1 aliphatic heterocycles. The largest absolute Gasteiger partial charge is 0.405 e. The number of alkyl halides is 3. The Kier molecular flexibility index (Phi) is 6.43. The van der Waals surface area contributed by atoms with Gasteiger partial charge in [-0.25, -0.2) is 0 Å². The maximum absolute atomic E-state index is 13.2. The van der Waals surface area contributed by atoms with Crippen molar-refractivity contribution in [2.24, 2.45) is 0 Å². The van der Waals surface area contributed by atoms with Crippen molar-refractivity contribution in [1.82, 2.24) is 15.5 Å². The van der Waals surface area contributed by atoms with Gasteiger partial charge in [0.25, 0.3) is 0 Å². The molecule has 1 amide bonds. The number of carbonyl (C=O) groups excluding carboxylic acids is 1. The lowest BCUT2D eigenvalue weighted by atomic mass is 10.1. The third kappa shape index (κ3) is 5.47. The van der Waals surface area contributed by atoms with Gasteiger partial charge < -0.3 is 10.6 Å². The molecule has 0 bridgehead atoms. The highest BCUT2D eigenvalue weighted by Gasteiger charge is 2.43. The van der Waals surface area contributed by atoms with Gasteiger partial charge in [0.2, 0.25) is 5.91 Å². The molecule has 1 aromatic carbocycles. The zero-order chi connectivity index (χ0) is 16.9. The number of halogens is 4. The molecule has 1 aromatic rings. The van der Waals surface area contributed by atoms with Crippen LogP contribution in [0.15, 0.2) is 28.7 Å². The summed E-state index contributed by atoms with van der Waals surface area (Å²) in [4.78, 5) is 13.3. The van der Waals surface area contributed by atoms with E-state index in [2.05, 4.69) is 26.6 Å². The lowest BCUT2D eigenvalue weighted by molar-refractivity contribution is -0.184. The molecule has 1 saturated heterocycles. The number of nitrogens with one attached hydrogen (secondary N) is 2. The van der Waals surface area contributed by atoms with Crippen LogP contribution >= 0.6 is 15.9 Å².